The van der Waals surface area contributed by atoms with Gasteiger partial charge in [0.25, 0.3) is 0 Å². The monoisotopic (exact) mass is 288 g/mol. The molecule has 0 saturated carbocycles. The first-order valence-electron chi connectivity index (χ1n) is 5.06. The highest BCUT2D eigenvalue weighted by Gasteiger charge is 2.27. The summed E-state index contributed by atoms with van der Waals surface area (Å²) in [5.41, 5.74) is -0.813. The Morgan fingerprint density at radius 1 is 1.50 bits per heavy atom. The average molecular weight is 289 g/mol. The van der Waals surface area contributed by atoms with Crippen LogP contribution >= 0.6 is 11.6 Å². The van der Waals surface area contributed by atoms with E-state index in [1.807, 2.05) is 6.07 Å². The number of rotatable bonds is 4. The zero-order chi connectivity index (χ0) is 14.0. The zero-order valence-corrected chi connectivity index (χ0v) is 11.5. The second kappa shape index (κ2) is 5.24. The third-order valence-electron chi connectivity index (χ3n) is 2.16. The van der Waals surface area contributed by atoms with Crippen molar-refractivity contribution in [2.24, 2.45) is 0 Å². The van der Waals surface area contributed by atoms with Crippen molar-refractivity contribution in [2.45, 2.75) is 24.3 Å². The lowest BCUT2D eigenvalue weighted by atomic mass is 10.1. The predicted octanol–water partition coefficient (Wildman–Crippen LogP) is 1.26. The fourth-order valence-corrected chi connectivity index (χ4v) is 3.16. The second-order valence-electron chi connectivity index (χ2n) is 4.40. The minimum atomic E-state index is -3.89. The van der Waals surface area contributed by atoms with Gasteiger partial charge in [-0.15, -0.1) is 0 Å². The van der Waals surface area contributed by atoms with E-state index in [2.05, 4.69) is 4.72 Å². The van der Waals surface area contributed by atoms with Crippen LogP contribution in [0.5, 0.6) is 0 Å². The summed E-state index contributed by atoms with van der Waals surface area (Å²) >= 11 is 5.82. The van der Waals surface area contributed by atoms with Crippen molar-refractivity contribution in [3.05, 3.63) is 28.8 Å². The maximum absolute atomic E-state index is 12.1. The number of nitrogens with zero attached hydrogens (tertiary/aromatic N) is 1. The van der Waals surface area contributed by atoms with E-state index in [1.54, 1.807) is 0 Å². The summed E-state index contributed by atoms with van der Waals surface area (Å²) in [6.45, 7) is 2.71. The van der Waals surface area contributed by atoms with Gasteiger partial charge in [-0.3, -0.25) is 0 Å². The maximum atomic E-state index is 12.1. The number of hydrogen-bond donors (Lipinski definition) is 2. The highest BCUT2D eigenvalue weighted by atomic mass is 35.5. The molecule has 7 heteroatoms. The highest BCUT2D eigenvalue weighted by molar-refractivity contribution is 7.89. The lowest BCUT2D eigenvalue weighted by molar-refractivity contribution is 0.208. The van der Waals surface area contributed by atoms with Gasteiger partial charge in [-0.05, 0) is 32.0 Å². The summed E-state index contributed by atoms with van der Waals surface area (Å²) in [6, 6.07) is 5.81. The van der Waals surface area contributed by atoms with E-state index in [-0.39, 0.29) is 22.1 Å². The second-order valence-corrected chi connectivity index (χ2v) is 6.46. The average Bonchev–Trinajstić information content (AvgIpc) is 2.28. The Morgan fingerprint density at radius 3 is 2.61 bits per heavy atom. The van der Waals surface area contributed by atoms with Crippen LogP contribution in [0.15, 0.2) is 23.1 Å². The Bertz CT molecular complexity index is 591. The van der Waals surface area contributed by atoms with Gasteiger partial charge in [0.1, 0.15) is 4.90 Å². The van der Waals surface area contributed by atoms with Crippen LogP contribution in [0.3, 0.4) is 0 Å². The number of aliphatic hydroxyl groups is 1. The molecule has 0 amide bonds. The van der Waals surface area contributed by atoms with Crippen molar-refractivity contribution in [3.8, 4) is 6.07 Å². The molecule has 5 nitrogen and oxygen atoms in total. The summed E-state index contributed by atoms with van der Waals surface area (Å²) in [5, 5.41) is 17.8. The van der Waals surface area contributed by atoms with Gasteiger partial charge >= 0.3 is 0 Å². The molecule has 1 aromatic carbocycles. The molecule has 0 aromatic heterocycles. The van der Waals surface area contributed by atoms with Gasteiger partial charge in [0.2, 0.25) is 10.0 Å². The Hall–Kier alpha value is -1.13. The molecular weight excluding hydrogens is 276 g/mol. The molecule has 0 fully saturated rings. The molecule has 0 unspecified atom stereocenters. The standard InChI is InChI=1S/C11H13ClN2O3S/c1-11(2,7-15)14-18(16,17)10-5-8(6-13)3-4-9(10)12/h3-5,14-15H,7H2,1-2H3. The van der Waals surface area contributed by atoms with Crippen molar-refractivity contribution in [1.82, 2.24) is 4.72 Å². The van der Waals surface area contributed by atoms with Gasteiger partial charge in [0.15, 0.2) is 0 Å². The summed E-state index contributed by atoms with van der Waals surface area (Å²) < 4.78 is 26.5. The van der Waals surface area contributed by atoms with Crippen LogP contribution in [0, 0.1) is 11.3 Å². The maximum Gasteiger partial charge on any atom is 0.242 e. The molecule has 0 spiro atoms. The van der Waals surface area contributed by atoms with E-state index in [4.69, 9.17) is 22.0 Å². The fourth-order valence-electron chi connectivity index (χ4n) is 1.23. The van der Waals surface area contributed by atoms with Crippen molar-refractivity contribution in [2.75, 3.05) is 6.61 Å². The Balaban J connectivity index is 3.25. The molecule has 0 aliphatic carbocycles. The molecule has 0 aliphatic rings. The minimum absolute atomic E-state index is 0.0234. The number of nitrogens with one attached hydrogen (secondary N) is 1. The molecule has 0 radical (unpaired) electrons. The van der Waals surface area contributed by atoms with E-state index in [0.29, 0.717) is 0 Å². The number of hydrogen-bond acceptors (Lipinski definition) is 4. The van der Waals surface area contributed by atoms with E-state index >= 15 is 0 Å². The first-order valence-corrected chi connectivity index (χ1v) is 6.92. The molecule has 2 N–H and O–H groups in total. The highest BCUT2D eigenvalue weighted by Crippen LogP contribution is 2.23. The molecule has 98 valence electrons. The number of benzene rings is 1. The van der Waals surface area contributed by atoms with E-state index in [0.717, 1.165) is 0 Å². The van der Waals surface area contributed by atoms with Gasteiger partial charge in [-0.1, -0.05) is 11.6 Å². The Kier molecular flexibility index (Phi) is 4.35. The Morgan fingerprint density at radius 2 is 2.11 bits per heavy atom. The number of halogens is 1. The number of aliphatic hydroxyl groups excluding tert-OH is 1. The van der Waals surface area contributed by atoms with Crippen LogP contribution in [0.4, 0.5) is 0 Å². The minimum Gasteiger partial charge on any atom is -0.394 e. The van der Waals surface area contributed by atoms with Gasteiger partial charge in [0, 0.05) is 0 Å². The van der Waals surface area contributed by atoms with E-state index < -0.39 is 15.6 Å². The van der Waals surface area contributed by atoms with Crippen LogP contribution in [0.1, 0.15) is 19.4 Å². The molecule has 1 rings (SSSR count). The summed E-state index contributed by atoms with van der Waals surface area (Å²) in [6.07, 6.45) is 0. The van der Waals surface area contributed by atoms with Crippen LogP contribution in [-0.4, -0.2) is 25.7 Å². The van der Waals surface area contributed by atoms with Crippen molar-refractivity contribution in [1.29, 1.82) is 5.26 Å². The molecule has 0 heterocycles. The summed E-state index contributed by atoms with van der Waals surface area (Å²) in [4.78, 5) is -0.176. The molecule has 18 heavy (non-hydrogen) atoms. The molecule has 0 atom stereocenters. The molecule has 0 aliphatic heterocycles. The van der Waals surface area contributed by atoms with Crippen molar-refractivity contribution in [3.63, 3.8) is 0 Å². The zero-order valence-electron chi connectivity index (χ0n) is 9.94. The third-order valence-corrected chi connectivity index (χ3v) is 4.34. The predicted molar refractivity (Wildman–Crippen MR) is 67.7 cm³/mol. The molecule has 0 bridgehead atoms. The topological polar surface area (TPSA) is 90.2 Å². The van der Waals surface area contributed by atoms with Crippen LogP contribution in [0.2, 0.25) is 5.02 Å². The normalized spacial score (nSPS) is 12.2. The lowest BCUT2D eigenvalue weighted by Gasteiger charge is -2.23. The first kappa shape index (κ1) is 14.9. The molecule has 1 aromatic rings. The summed E-state index contributed by atoms with van der Waals surface area (Å²) in [7, 11) is -3.89. The van der Waals surface area contributed by atoms with Crippen LogP contribution in [-0.2, 0) is 10.0 Å². The lowest BCUT2D eigenvalue weighted by Crippen LogP contribution is -2.46. The van der Waals surface area contributed by atoms with Gasteiger partial charge in [-0.2, -0.15) is 5.26 Å². The van der Waals surface area contributed by atoms with Crippen molar-refractivity contribution < 1.29 is 13.5 Å². The van der Waals surface area contributed by atoms with Crippen molar-refractivity contribution >= 4 is 21.6 Å². The van der Waals surface area contributed by atoms with Crippen LogP contribution < -0.4 is 4.72 Å². The van der Waals surface area contributed by atoms with E-state index in [1.165, 1.54) is 32.0 Å². The largest absolute Gasteiger partial charge is 0.394 e. The quantitative estimate of drug-likeness (QED) is 0.873. The SMILES string of the molecule is CC(C)(CO)NS(=O)(=O)c1cc(C#N)ccc1Cl. The van der Waals surface area contributed by atoms with Gasteiger partial charge < -0.3 is 5.11 Å². The van der Waals surface area contributed by atoms with Gasteiger partial charge in [0.05, 0.1) is 28.8 Å². The number of nitriles is 1. The summed E-state index contributed by atoms with van der Waals surface area (Å²) in [5.74, 6) is 0. The first-order chi connectivity index (χ1) is 8.22. The molecule has 0 saturated heterocycles. The van der Waals surface area contributed by atoms with E-state index in [9.17, 15) is 8.42 Å². The smallest absolute Gasteiger partial charge is 0.242 e. The fraction of sp³-hybridized carbons (Fsp3) is 0.364. The Labute approximate surface area is 111 Å². The van der Waals surface area contributed by atoms with Crippen LogP contribution in [0.25, 0.3) is 0 Å². The third kappa shape index (κ3) is 3.43. The number of sulfonamides is 1. The van der Waals surface area contributed by atoms with Gasteiger partial charge in [-0.25, -0.2) is 13.1 Å². The molecular formula is C11H13ClN2O3S.